The van der Waals surface area contributed by atoms with E-state index in [2.05, 4.69) is 22.5 Å². The van der Waals surface area contributed by atoms with E-state index in [4.69, 9.17) is 4.74 Å². The summed E-state index contributed by atoms with van der Waals surface area (Å²) < 4.78 is 6.58. The molecule has 1 saturated carbocycles. The summed E-state index contributed by atoms with van der Waals surface area (Å²) >= 11 is 1.46. The first-order valence-corrected chi connectivity index (χ1v) is 11.6. The highest BCUT2D eigenvalue weighted by Crippen LogP contribution is 2.32. The molecule has 158 valence electrons. The van der Waals surface area contributed by atoms with E-state index in [1.807, 2.05) is 42.5 Å². The van der Waals surface area contributed by atoms with Crippen LogP contribution < -0.4 is 15.4 Å². The Morgan fingerprint density at radius 3 is 2.87 bits per heavy atom. The van der Waals surface area contributed by atoms with Gasteiger partial charge in [0, 0.05) is 29.1 Å². The van der Waals surface area contributed by atoms with Gasteiger partial charge in [-0.2, -0.15) is 0 Å². The number of benzene rings is 1. The number of ether oxygens (including phenoxy) is 1. The van der Waals surface area contributed by atoms with E-state index in [1.54, 1.807) is 6.20 Å². The predicted octanol–water partition coefficient (Wildman–Crippen LogP) is 6.21. The zero-order valence-corrected chi connectivity index (χ0v) is 18.2. The van der Waals surface area contributed by atoms with Crippen molar-refractivity contribution >= 4 is 33.3 Å². The van der Waals surface area contributed by atoms with E-state index in [9.17, 15) is 4.79 Å². The maximum atomic E-state index is 12.4. The lowest BCUT2D eigenvalue weighted by atomic mass is 9.81. The fourth-order valence-electron chi connectivity index (χ4n) is 4.22. The first kappa shape index (κ1) is 20.8. The largest absolute Gasteiger partial charge is 0.419 e. The molecule has 0 spiro atoms. The molecule has 2 heterocycles. The Balaban J connectivity index is 1.31. The molecule has 1 unspecified atom stereocenters. The van der Waals surface area contributed by atoms with Gasteiger partial charge in [0.1, 0.15) is 5.82 Å². The maximum Gasteiger partial charge on any atom is 0.419 e. The van der Waals surface area contributed by atoms with Crippen molar-refractivity contribution in [1.82, 2.24) is 10.3 Å². The Morgan fingerprint density at radius 2 is 2.03 bits per heavy atom. The van der Waals surface area contributed by atoms with Crippen LogP contribution in [0.3, 0.4) is 0 Å². The molecule has 1 aromatic carbocycles. The van der Waals surface area contributed by atoms with Gasteiger partial charge in [0.25, 0.3) is 0 Å². The Hall–Kier alpha value is -2.44. The van der Waals surface area contributed by atoms with Gasteiger partial charge in [0.2, 0.25) is 0 Å². The third kappa shape index (κ3) is 5.37. The van der Waals surface area contributed by atoms with Crippen LogP contribution in [-0.4, -0.2) is 17.6 Å². The van der Waals surface area contributed by atoms with Gasteiger partial charge in [-0.05, 0) is 35.9 Å². The van der Waals surface area contributed by atoms with E-state index in [1.165, 1.54) is 43.4 Å². The van der Waals surface area contributed by atoms with Gasteiger partial charge in [-0.25, -0.2) is 9.78 Å². The number of amides is 1. The van der Waals surface area contributed by atoms with E-state index in [-0.39, 0.29) is 0 Å². The topological polar surface area (TPSA) is 63.2 Å². The molecule has 1 amide bonds. The minimum Gasteiger partial charge on any atom is -0.399 e. The van der Waals surface area contributed by atoms with Gasteiger partial charge in [-0.3, -0.25) is 5.32 Å². The van der Waals surface area contributed by atoms with Crippen molar-refractivity contribution in [2.75, 3.05) is 11.9 Å². The first-order chi connectivity index (χ1) is 14.7. The molecule has 1 aliphatic rings. The van der Waals surface area contributed by atoms with Crippen LogP contribution in [0, 0.1) is 11.8 Å². The highest BCUT2D eigenvalue weighted by molar-refractivity contribution is 7.20. The molecule has 2 aromatic heterocycles. The van der Waals surface area contributed by atoms with Crippen LogP contribution in [0.4, 0.5) is 10.6 Å². The smallest absolute Gasteiger partial charge is 0.399 e. The van der Waals surface area contributed by atoms with Gasteiger partial charge < -0.3 is 10.1 Å². The summed E-state index contributed by atoms with van der Waals surface area (Å²) in [5, 5.41) is 7.99. The molecule has 6 heteroatoms. The number of aromatic nitrogens is 1. The van der Waals surface area contributed by atoms with Crippen LogP contribution in [0.25, 0.3) is 10.1 Å². The number of carbonyl (C=O) groups is 1. The number of pyridine rings is 1. The molecule has 0 aliphatic heterocycles. The molecule has 0 radical (unpaired) electrons. The van der Waals surface area contributed by atoms with Gasteiger partial charge in [0.15, 0.2) is 5.06 Å². The fourth-order valence-corrected chi connectivity index (χ4v) is 5.13. The molecule has 2 N–H and O–H groups in total. The first-order valence-electron chi connectivity index (χ1n) is 10.8. The van der Waals surface area contributed by atoms with Crippen molar-refractivity contribution in [2.24, 2.45) is 11.8 Å². The summed E-state index contributed by atoms with van der Waals surface area (Å²) in [5.41, 5.74) is 0.960. The summed E-state index contributed by atoms with van der Waals surface area (Å²) in [6, 6.07) is 13.7. The normalized spacial score (nSPS) is 15.8. The molecular weight excluding hydrogens is 394 g/mol. The number of nitrogens with one attached hydrogen (secondary N) is 2. The number of anilines is 1. The average molecular weight is 424 g/mol. The van der Waals surface area contributed by atoms with Crippen molar-refractivity contribution in [1.29, 1.82) is 0 Å². The van der Waals surface area contributed by atoms with Crippen LogP contribution in [0.1, 0.15) is 44.6 Å². The lowest BCUT2D eigenvalue weighted by Crippen LogP contribution is -2.28. The van der Waals surface area contributed by atoms with Crippen molar-refractivity contribution in [3.63, 3.8) is 0 Å². The molecular formula is C24H29N3O2S. The minimum atomic E-state index is -0.517. The molecule has 5 nitrogen and oxygen atoms in total. The van der Waals surface area contributed by atoms with Crippen LogP contribution in [0.15, 0.2) is 48.7 Å². The van der Waals surface area contributed by atoms with Crippen LogP contribution in [0.5, 0.6) is 5.06 Å². The number of fused-ring (bicyclic) bond motifs is 1. The fraction of sp³-hybridized carbons (Fsp3) is 0.417. The summed E-state index contributed by atoms with van der Waals surface area (Å²) in [7, 11) is 0. The molecule has 1 aliphatic carbocycles. The van der Waals surface area contributed by atoms with Crippen LogP contribution >= 0.6 is 11.3 Å². The second-order valence-corrected chi connectivity index (χ2v) is 9.18. The number of hydrogen-bond acceptors (Lipinski definition) is 5. The number of thiophene rings is 1. The highest BCUT2D eigenvalue weighted by atomic mass is 32.1. The second-order valence-electron chi connectivity index (χ2n) is 8.14. The summed E-state index contributed by atoms with van der Waals surface area (Å²) in [5.74, 6) is 2.03. The third-order valence-electron chi connectivity index (χ3n) is 5.94. The molecule has 0 saturated heterocycles. The summed E-state index contributed by atoms with van der Waals surface area (Å²) in [6.45, 7) is 3.99. The molecule has 1 fully saturated rings. The van der Waals surface area contributed by atoms with Crippen LogP contribution in [0.2, 0.25) is 0 Å². The van der Waals surface area contributed by atoms with Crippen LogP contribution in [-0.2, 0) is 6.54 Å². The number of rotatable bonds is 7. The maximum absolute atomic E-state index is 12.4. The van der Waals surface area contributed by atoms with Crippen molar-refractivity contribution < 1.29 is 9.53 Å². The monoisotopic (exact) mass is 423 g/mol. The lowest BCUT2D eigenvalue weighted by molar-refractivity contribution is 0.216. The Kier molecular flexibility index (Phi) is 6.97. The number of carbonyl (C=O) groups excluding carboxylic acids is 1. The molecule has 30 heavy (non-hydrogen) atoms. The second kappa shape index (κ2) is 10.0. The molecule has 1 atom stereocenters. The summed E-state index contributed by atoms with van der Waals surface area (Å²) in [6.07, 6.45) is 8.00. The van der Waals surface area contributed by atoms with Crippen molar-refractivity contribution in [3.8, 4) is 5.06 Å². The predicted molar refractivity (Wildman–Crippen MR) is 123 cm³/mol. The highest BCUT2D eigenvalue weighted by Gasteiger charge is 2.20. The SMILES string of the molecule is CC(CNCc1cccnc1NC(=O)Oc1cc2ccccc2s1)C1CCCCC1. The zero-order chi connectivity index (χ0) is 20.8. The number of nitrogens with zero attached hydrogens (tertiary/aromatic N) is 1. The average Bonchev–Trinajstić information content (AvgIpc) is 3.17. The molecule has 4 rings (SSSR count). The standard InChI is InChI=1S/C24H29N3O2S/c1-17(18-8-3-2-4-9-18)15-25-16-20-11-7-13-26-23(20)27-24(28)29-22-14-19-10-5-6-12-21(19)30-22/h5-7,10-14,17-18,25H,2-4,8-9,15-16H2,1H3,(H,26,27,28). The van der Waals surface area contributed by atoms with Gasteiger partial charge in [-0.1, -0.05) is 74.6 Å². The van der Waals surface area contributed by atoms with E-state index in [0.29, 0.717) is 23.3 Å². The minimum absolute atomic E-state index is 0.517. The van der Waals surface area contributed by atoms with Gasteiger partial charge in [0.05, 0.1) is 0 Å². The van der Waals surface area contributed by atoms with E-state index < -0.39 is 6.09 Å². The lowest BCUT2D eigenvalue weighted by Gasteiger charge is -2.27. The van der Waals surface area contributed by atoms with Gasteiger partial charge >= 0.3 is 6.09 Å². The van der Waals surface area contributed by atoms with E-state index in [0.717, 1.165) is 28.1 Å². The zero-order valence-electron chi connectivity index (χ0n) is 17.4. The Morgan fingerprint density at radius 1 is 1.20 bits per heavy atom. The molecule has 0 bridgehead atoms. The Labute approximate surface area is 181 Å². The van der Waals surface area contributed by atoms with E-state index >= 15 is 0 Å². The Bertz CT molecular complexity index is 948. The van der Waals surface area contributed by atoms with Crippen molar-refractivity contribution in [2.45, 2.75) is 45.6 Å². The summed E-state index contributed by atoms with van der Waals surface area (Å²) in [4.78, 5) is 16.8. The third-order valence-corrected chi connectivity index (χ3v) is 6.94. The molecule has 3 aromatic rings. The van der Waals surface area contributed by atoms with Crippen molar-refractivity contribution in [3.05, 3.63) is 54.2 Å². The van der Waals surface area contributed by atoms with Gasteiger partial charge in [-0.15, -0.1) is 0 Å². The quantitative estimate of drug-likeness (QED) is 0.474. The number of hydrogen-bond donors (Lipinski definition) is 2.